The highest BCUT2D eigenvalue weighted by molar-refractivity contribution is 5.79. The van der Waals surface area contributed by atoms with Gasteiger partial charge in [0, 0.05) is 0 Å². The Morgan fingerprint density at radius 3 is 2.50 bits per heavy atom. The van der Waals surface area contributed by atoms with Crippen molar-refractivity contribution in [2.24, 2.45) is 5.16 Å². The van der Waals surface area contributed by atoms with Gasteiger partial charge < -0.3 is 4.84 Å². The van der Waals surface area contributed by atoms with E-state index in [4.69, 9.17) is 0 Å². The molecule has 0 spiro atoms. The minimum atomic E-state index is -0.712. The molecule has 1 aromatic rings. The third-order valence-corrected chi connectivity index (χ3v) is 1.22. The average molecular weight is 170 g/mol. The van der Waals surface area contributed by atoms with Gasteiger partial charge in [0.15, 0.2) is 0 Å². The third kappa shape index (κ3) is 1.78. The lowest BCUT2D eigenvalue weighted by molar-refractivity contribution is 0.215. The van der Waals surface area contributed by atoms with Crippen LogP contribution >= 0.6 is 0 Å². The predicted octanol–water partition coefficient (Wildman–Crippen LogP) is 1.75. The van der Waals surface area contributed by atoms with Gasteiger partial charge in [0.1, 0.15) is 18.7 Å². The van der Waals surface area contributed by atoms with Gasteiger partial charge in [-0.25, -0.2) is 8.78 Å². The van der Waals surface area contributed by atoms with E-state index in [1.807, 2.05) is 0 Å². The number of halogens is 2. The van der Waals surface area contributed by atoms with E-state index in [9.17, 15) is 8.78 Å². The van der Waals surface area contributed by atoms with Crippen molar-refractivity contribution in [2.75, 3.05) is 7.11 Å². The van der Waals surface area contributed by atoms with E-state index in [0.29, 0.717) is 0 Å². The summed E-state index contributed by atoms with van der Waals surface area (Å²) in [4.78, 5) is 4.28. The van der Waals surface area contributed by atoms with Crippen molar-refractivity contribution >= 4 is 6.21 Å². The van der Waals surface area contributed by atoms with Gasteiger partial charge in [-0.2, -0.15) is 0 Å². The number of hydrogen-bond donors (Lipinski definition) is 0. The van der Waals surface area contributed by atoms with Gasteiger partial charge in [-0.3, -0.25) is 0 Å². The number of rotatable bonds is 2. The molecule has 1 radical (unpaired) electrons. The molecule has 0 amide bonds. The van der Waals surface area contributed by atoms with Gasteiger partial charge in [0.25, 0.3) is 0 Å². The molecule has 0 aliphatic heterocycles. The minimum absolute atomic E-state index is 0.226. The maximum Gasteiger partial charge on any atom is 0.135 e. The van der Waals surface area contributed by atoms with Crippen LogP contribution in [0.4, 0.5) is 8.78 Å². The molecule has 0 saturated heterocycles. The molecule has 2 nitrogen and oxygen atoms in total. The van der Waals surface area contributed by atoms with Gasteiger partial charge in [0.2, 0.25) is 0 Å². The first-order valence-electron chi connectivity index (χ1n) is 3.17. The second kappa shape index (κ2) is 3.80. The highest BCUT2D eigenvalue weighted by Gasteiger charge is 2.04. The molecule has 0 aromatic heterocycles. The molecule has 1 aromatic carbocycles. The Kier molecular flexibility index (Phi) is 2.74. The lowest BCUT2D eigenvalue weighted by Crippen LogP contribution is -1.93. The molecule has 12 heavy (non-hydrogen) atoms. The van der Waals surface area contributed by atoms with Crippen molar-refractivity contribution in [3.63, 3.8) is 0 Å². The van der Waals surface area contributed by atoms with Gasteiger partial charge in [-0.15, -0.1) is 0 Å². The monoisotopic (exact) mass is 170 g/mol. The summed E-state index contributed by atoms with van der Waals surface area (Å²) in [5.41, 5.74) is -0.226. The van der Waals surface area contributed by atoms with Crippen LogP contribution in [-0.2, 0) is 4.84 Å². The first kappa shape index (κ1) is 8.64. The Morgan fingerprint density at radius 2 is 2.00 bits per heavy atom. The molecule has 0 saturated carbocycles. The Hall–Kier alpha value is -1.45. The summed E-state index contributed by atoms with van der Waals surface area (Å²) in [6.07, 6.45) is 0.971. The zero-order valence-corrected chi connectivity index (χ0v) is 6.34. The number of oxime groups is 1. The van der Waals surface area contributed by atoms with Crippen molar-refractivity contribution < 1.29 is 13.6 Å². The normalized spacial score (nSPS) is 10.6. The Balaban J connectivity index is 3.04. The molecule has 63 valence electrons. The first-order chi connectivity index (χ1) is 5.75. The van der Waals surface area contributed by atoms with Crippen molar-refractivity contribution in [1.29, 1.82) is 0 Å². The smallest absolute Gasteiger partial charge is 0.135 e. The number of benzene rings is 1. The highest BCUT2D eigenvalue weighted by atomic mass is 19.1. The Labute approximate surface area is 68.5 Å². The van der Waals surface area contributed by atoms with E-state index < -0.39 is 11.6 Å². The molecule has 0 aliphatic rings. The molecule has 0 N–H and O–H groups in total. The number of hydrogen-bond acceptors (Lipinski definition) is 2. The number of nitrogens with zero attached hydrogens (tertiary/aromatic N) is 1. The van der Waals surface area contributed by atoms with Gasteiger partial charge in [0.05, 0.1) is 11.8 Å². The van der Waals surface area contributed by atoms with Crippen LogP contribution in [-0.4, -0.2) is 13.3 Å². The summed E-state index contributed by atoms with van der Waals surface area (Å²) in [7, 11) is 1.29. The molecule has 0 unspecified atom stereocenters. The van der Waals surface area contributed by atoms with E-state index in [0.717, 1.165) is 18.3 Å². The van der Waals surface area contributed by atoms with E-state index in [1.165, 1.54) is 7.11 Å². The van der Waals surface area contributed by atoms with E-state index in [-0.39, 0.29) is 5.56 Å². The summed E-state index contributed by atoms with van der Waals surface area (Å²) in [5.74, 6) is -1.42. The van der Waals surface area contributed by atoms with Crippen LogP contribution in [0.2, 0.25) is 0 Å². The van der Waals surface area contributed by atoms with Crippen LogP contribution in [0.3, 0.4) is 0 Å². The van der Waals surface area contributed by atoms with E-state index in [2.05, 4.69) is 16.1 Å². The minimum Gasteiger partial charge on any atom is -0.399 e. The van der Waals surface area contributed by atoms with Crippen LogP contribution in [0.15, 0.2) is 17.3 Å². The zero-order chi connectivity index (χ0) is 8.97. The Bertz CT molecular complexity index is 279. The molecule has 0 bridgehead atoms. The summed E-state index contributed by atoms with van der Waals surface area (Å²) in [6, 6.07) is 4.35. The van der Waals surface area contributed by atoms with Crippen molar-refractivity contribution in [1.82, 2.24) is 0 Å². The molecule has 0 atom stereocenters. The molecular weight excluding hydrogens is 164 g/mol. The average Bonchev–Trinajstić information content (AvgIpc) is 2.04. The van der Waals surface area contributed by atoms with Crippen LogP contribution in [0.1, 0.15) is 5.56 Å². The molecule has 0 fully saturated rings. The lowest BCUT2D eigenvalue weighted by atomic mass is 10.2. The van der Waals surface area contributed by atoms with Crippen LogP contribution in [0.5, 0.6) is 0 Å². The molecule has 4 heteroatoms. The summed E-state index contributed by atoms with van der Waals surface area (Å²) < 4.78 is 25.5. The fourth-order valence-corrected chi connectivity index (χ4v) is 0.686. The quantitative estimate of drug-likeness (QED) is 0.489. The second-order valence-electron chi connectivity index (χ2n) is 1.98. The maximum atomic E-state index is 12.8. The molecular formula is C8H6F2NO. The summed E-state index contributed by atoms with van der Waals surface area (Å²) in [5, 5.41) is 3.24. The van der Waals surface area contributed by atoms with Crippen LogP contribution in [0.25, 0.3) is 0 Å². The summed E-state index contributed by atoms with van der Waals surface area (Å²) >= 11 is 0. The lowest BCUT2D eigenvalue weighted by Gasteiger charge is -1.95. The van der Waals surface area contributed by atoms with Crippen molar-refractivity contribution in [2.45, 2.75) is 0 Å². The maximum absolute atomic E-state index is 12.8. The zero-order valence-electron chi connectivity index (χ0n) is 6.34. The van der Waals surface area contributed by atoms with E-state index >= 15 is 0 Å². The second-order valence-corrected chi connectivity index (χ2v) is 1.98. The topological polar surface area (TPSA) is 21.6 Å². The molecule has 0 heterocycles. The van der Waals surface area contributed by atoms with Gasteiger partial charge >= 0.3 is 0 Å². The van der Waals surface area contributed by atoms with Crippen LogP contribution < -0.4 is 0 Å². The van der Waals surface area contributed by atoms with Crippen molar-refractivity contribution in [3.8, 4) is 0 Å². The Morgan fingerprint density at radius 1 is 1.42 bits per heavy atom. The first-order valence-corrected chi connectivity index (χ1v) is 3.17. The van der Waals surface area contributed by atoms with E-state index in [1.54, 1.807) is 0 Å². The fourth-order valence-electron chi connectivity index (χ4n) is 0.686. The fraction of sp³-hybridized carbons (Fsp3) is 0.125. The summed E-state index contributed by atoms with van der Waals surface area (Å²) in [6.45, 7) is 0. The van der Waals surface area contributed by atoms with Crippen LogP contribution in [0, 0.1) is 17.7 Å². The molecule has 1 rings (SSSR count). The standard InChI is InChI=1S/C8H6F2NO/c1-12-11-5-6-7(9)3-2-4-8(6)10/h3-5H,1H3. The largest absolute Gasteiger partial charge is 0.399 e. The van der Waals surface area contributed by atoms with Crippen molar-refractivity contribution in [3.05, 3.63) is 35.4 Å². The van der Waals surface area contributed by atoms with Gasteiger partial charge in [-0.1, -0.05) is 5.16 Å². The third-order valence-electron chi connectivity index (χ3n) is 1.22. The predicted molar refractivity (Wildman–Crippen MR) is 39.8 cm³/mol. The SMILES string of the molecule is CON=Cc1c(F)c[c]cc1F. The highest BCUT2D eigenvalue weighted by Crippen LogP contribution is 2.08. The molecule has 0 aliphatic carbocycles. The van der Waals surface area contributed by atoms with Gasteiger partial charge in [-0.05, 0) is 18.2 Å².